The van der Waals surface area contributed by atoms with Crippen LogP contribution in [0.4, 0.5) is 0 Å². The Morgan fingerprint density at radius 2 is 1.36 bits per heavy atom. The van der Waals surface area contributed by atoms with E-state index >= 15 is 0 Å². The van der Waals surface area contributed by atoms with E-state index in [9.17, 15) is 0 Å². The number of hydrogen-bond donors (Lipinski definition) is 0. The summed E-state index contributed by atoms with van der Waals surface area (Å²) in [6, 6.07) is 9.76. The minimum absolute atomic E-state index is 0. The molecule has 0 heterocycles. The maximum atomic E-state index is 5.00. The van der Waals surface area contributed by atoms with Crippen LogP contribution in [0.15, 0.2) is 30.3 Å². The summed E-state index contributed by atoms with van der Waals surface area (Å²) < 4.78 is 5.00. The van der Waals surface area contributed by atoms with Crippen molar-refractivity contribution in [2.24, 2.45) is 0 Å². The van der Waals surface area contributed by atoms with Gasteiger partial charge in [-0.3, -0.25) is 0 Å². The van der Waals surface area contributed by atoms with E-state index in [2.05, 4.69) is 0 Å². The molecule has 0 atom stereocenters. The number of rotatable bonds is 1. The molecule has 0 spiro atoms. The van der Waals surface area contributed by atoms with E-state index in [0.717, 1.165) is 28.7 Å². The van der Waals surface area contributed by atoms with Crippen molar-refractivity contribution in [3.05, 3.63) is 30.3 Å². The third-order valence-electron chi connectivity index (χ3n) is 0.861. The van der Waals surface area contributed by atoms with Gasteiger partial charge in [0.1, 0.15) is 0 Å². The van der Waals surface area contributed by atoms with Crippen LogP contribution < -0.4 is 40.3 Å². The van der Waals surface area contributed by atoms with E-state index in [1.165, 1.54) is 0 Å². The zero-order valence-electron chi connectivity index (χ0n) is 5.43. The summed E-state index contributed by atoms with van der Waals surface area (Å²) in [5.41, 5.74) is 0. The Labute approximate surface area is 98.8 Å². The normalized spacial score (nSPS) is 6.36. The van der Waals surface area contributed by atoms with Gasteiger partial charge in [0.15, 0.2) is 0 Å². The first-order valence-electron chi connectivity index (χ1n) is 2.32. The van der Waals surface area contributed by atoms with Crippen LogP contribution in [0.5, 0.6) is 5.75 Å². The zero-order chi connectivity index (χ0) is 5.82. The van der Waals surface area contributed by atoms with Gasteiger partial charge in [-0.2, -0.15) is 0 Å². The molecule has 0 saturated carbocycles. The predicted molar refractivity (Wildman–Crippen MR) is 32.8 cm³/mol. The first-order valence-corrected chi connectivity index (χ1v) is 3.48. The summed E-state index contributed by atoms with van der Waals surface area (Å²) >= 11 is 1.09. The second-order valence-corrected chi connectivity index (χ2v) is 2.00. The summed E-state index contributed by atoms with van der Waals surface area (Å²) in [7, 11) is 0. The summed E-state index contributed by atoms with van der Waals surface area (Å²) in [6.45, 7) is 0. The van der Waals surface area contributed by atoms with Gasteiger partial charge in [-0.25, -0.2) is 0 Å². The van der Waals surface area contributed by atoms with Crippen LogP contribution in [0.1, 0.15) is 0 Å². The number of halogens is 3. The fourth-order valence-electron chi connectivity index (χ4n) is 0.489. The molecule has 1 rings (SSSR count). The topological polar surface area (TPSA) is 9.23 Å². The Kier molecular flexibility index (Phi) is 17.2. The van der Waals surface area contributed by atoms with E-state index < -0.39 is 0 Å². The van der Waals surface area contributed by atoms with Crippen LogP contribution in [0.2, 0.25) is 0 Å². The van der Waals surface area contributed by atoms with E-state index in [1.54, 1.807) is 0 Å². The van der Waals surface area contributed by atoms with Gasteiger partial charge in [0.25, 0.3) is 0 Å². The van der Waals surface area contributed by atoms with Crippen LogP contribution >= 0.6 is 0 Å². The Morgan fingerprint density at radius 1 is 0.909 bits per heavy atom. The van der Waals surface area contributed by atoms with E-state index in [1.807, 2.05) is 30.3 Å². The molecule has 0 fully saturated rings. The van der Waals surface area contributed by atoms with Crippen LogP contribution in [-0.2, 0) is 0 Å². The molecule has 1 aromatic rings. The van der Waals surface area contributed by atoms with Crippen molar-refractivity contribution >= 4 is 22.9 Å². The molecule has 0 aliphatic rings. The van der Waals surface area contributed by atoms with Crippen molar-refractivity contribution in [2.75, 3.05) is 0 Å². The summed E-state index contributed by atoms with van der Waals surface area (Å²) in [6.07, 6.45) is 0. The second-order valence-electron chi connectivity index (χ2n) is 1.42. The number of hydrogen-bond acceptors (Lipinski definition) is 1. The molecule has 0 N–H and O–H groups in total. The van der Waals surface area contributed by atoms with Crippen LogP contribution in [0.3, 0.4) is 0 Å². The molecular weight excluding hydrogens is 313 g/mol. The van der Waals surface area contributed by atoms with Gasteiger partial charge >= 0.3 is 62.1 Å². The van der Waals surface area contributed by atoms with Crippen LogP contribution in [0, 0.1) is 0 Å². The van der Waals surface area contributed by atoms with Gasteiger partial charge in [0.2, 0.25) is 0 Å². The monoisotopic (exact) mass is 318 g/mol. The third kappa shape index (κ3) is 7.06. The Bertz CT molecular complexity index is 159. The summed E-state index contributed by atoms with van der Waals surface area (Å²) in [4.78, 5) is 0. The molecular formula is C6H5Cl3OSn. The predicted octanol–water partition coefficient (Wildman–Crippen LogP) is -7.84. The molecule has 0 aliphatic carbocycles. The van der Waals surface area contributed by atoms with Crippen molar-refractivity contribution in [2.45, 2.75) is 0 Å². The quantitative estimate of drug-likeness (QED) is 0.468. The third-order valence-corrected chi connectivity index (χ3v) is 1.53. The molecule has 0 bridgehead atoms. The fraction of sp³-hybridized carbons (Fsp3) is 0. The van der Waals surface area contributed by atoms with Crippen LogP contribution in [0.25, 0.3) is 0 Å². The van der Waals surface area contributed by atoms with Gasteiger partial charge in [-0.05, 0) is 0 Å². The molecule has 0 amide bonds. The second kappa shape index (κ2) is 10.7. The van der Waals surface area contributed by atoms with Crippen molar-refractivity contribution in [1.82, 2.24) is 0 Å². The molecule has 0 unspecified atom stereocenters. The molecule has 60 valence electrons. The molecule has 1 aromatic carbocycles. The fourth-order valence-corrected chi connectivity index (χ4v) is 0.877. The van der Waals surface area contributed by atoms with E-state index in [0.29, 0.717) is 0 Å². The molecule has 11 heavy (non-hydrogen) atoms. The molecule has 0 aromatic heterocycles. The summed E-state index contributed by atoms with van der Waals surface area (Å²) in [5, 5.41) is 0. The number of para-hydroxylation sites is 1. The standard InChI is InChI=1S/C6H6O.3ClH.Sn/c7-6-4-2-1-3-5-6;;;;/h1-5,7H;3*1H;/q;;;;+4/p-4. The first-order chi connectivity index (χ1) is 3.93. The van der Waals surface area contributed by atoms with Gasteiger partial charge in [-0.1, -0.05) is 0 Å². The molecule has 0 radical (unpaired) electrons. The molecule has 5 heteroatoms. The Balaban J connectivity index is -0.000000213. The zero-order valence-corrected chi connectivity index (χ0v) is 10.6. The maximum absolute atomic E-state index is 5.00. The van der Waals surface area contributed by atoms with Gasteiger partial charge in [-0.15, -0.1) is 0 Å². The van der Waals surface area contributed by atoms with E-state index in [-0.39, 0.29) is 37.2 Å². The average molecular weight is 318 g/mol. The number of benzene rings is 1. The summed E-state index contributed by atoms with van der Waals surface area (Å²) in [5.74, 6) is 0.950. The average Bonchev–Trinajstić information content (AvgIpc) is 1.90. The molecule has 0 aliphatic heterocycles. The van der Waals surface area contributed by atoms with Gasteiger partial charge < -0.3 is 37.2 Å². The Hall–Kier alpha value is 0.689. The van der Waals surface area contributed by atoms with Crippen molar-refractivity contribution in [3.63, 3.8) is 0 Å². The van der Waals surface area contributed by atoms with Crippen molar-refractivity contribution in [1.29, 1.82) is 0 Å². The minimum atomic E-state index is 0. The SMILES string of the molecule is [Cl-].[Cl-].[Cl-].[Sn+3][O]c1ccccc1. The van der Waals surface area contributed by atoms with Gasteiger partial charge in [0.05, 0.1) is 0 Å². The first kappa shape index (κ1) is 17.7. The molecule has 1 nitrogen and oxygen atoms in total. The van der Waals surface area contributed by atoms with E-state index in [4.69, 9.17) is 3.07 Å². The van der Waals surface area contributed by atoms with Crippen molar-refractivity contribution in [3.8, 4) is 5.75 Å². The van der Waals surface area contributed by atoms with Crippen LogP contribution in [-0.4, -0.2) is 22.9 Å². The molecule has 0 saturated heterocycles. The van der Waals surface area contributed by atoms with Gasteiger partial charge in [0, 0.05) is 0 Å². The van der Waals surface area contributed by atoms with Crippen molar-refractivity contribution < 1.29 is 40.3 Å². The Morgan fingerprint density at radius 3 is 1.64 bits per heavy atom.